The van der Waals surface area contributed by atoms with Gasteiger partial charge in [0.2, 0.25) is 0 Å². The van der Waals surface area contributed by atoms with E-state index < -0.39 is 59.4 Å². The standard InChI is InChI=1S/C48H41F6N9O4.HI/c1-63(2,21-5-19-59-27-37-39(43(59)64)41(31-15-11-29(25-55)12-16-31)57-45(66)61(37)35-9-3-7-33(23-35)47(49,50)51)22-6-20-60-28-38-40(44(60)65)42(32-17-13-30(26-56)14-18-32)58-46(67)62(38)36-10-4-8-34(24-36)48(52,53)54;/h3-4,7-18,23-24,41-42H,5-6,19-22,27-28H2,1-2H3,(H-,57,58,66,67);1H/p+1/t41-,42-;/m1./s1. The second-order valence-electron chi connectivity index (χ2n) is 17.3. The lowest BCUT2D eigenvalue weighted by Crippen LogP contribution is -2.47. The predicted molar refractivity (Wildman–Crippen MR) is 246 cm³/mol. The molecule has 0 unspecified atom stereocenters. The van der Waals surface area contributed by atoms with Crippen molar-refractivity contribution in [3.8, 4) is 12.1 Å². The molecule has 20 heteroatoms. The minimum atomic E-state index is -4.68. The van der Waals surface area contributed by atoms with Gasteiger partial charge in [0.25, 0.3) is 11.8 Å². The summed E-state index contributed by atoms with van der Waals surface area (Å²) >= 11 is 0. The highest BCUT2D eigenvalue weighted by molar-refractivity contribution is 14.0. The summed E-state index contributed by atoms with van der Waals surface area (Å²) < 4.78 is 83.1. The normalized spacial score (nSPS) is 18.5. The van der Waals surface area contributed by atoms with Crippen LogP contribution in [0.15, 0.2) is 120 Å². The molecule has 6 amide bonds. The molecule has 0 fully saturated rings. The molecular weight excluding hydrogens is 1010 g/mol. The van der Waals surface area contributed by atoms with Crippen LogP contribution in [0.25, 0.3) is 0 Å². The summed E-state index contributed by atoms with van der Waals surface area (Å²) in [5, 5.41) is 24.2. The molecular formula is C48H43F6IN9O4+. The van der Waals surface area contributed by atoms with Gasteiger partial charge in [0.05, 0.1) is 121 Å². The third-order valence-electron chi connectivity index (χ3n) is 12.4. The Labute approximate surface area is 404 Å². The van der Waals surface area contributed by atoms with E-state index in [1.807, 2.05) is 26.2 Å². The summed E-state index contributed by atoms with van der Waals surface area (Å²) in [5.41, 5.74) is 0.587. The largest absolute Gasteiger partial charge is 0.416 e. The number of rotatable bonds is 12. The quantitative estimate of drug-likeness (QED) is 0.0827. The van der Waals surface area contributed by atoms with Crippen LogP contribution in [0, 0.1) is 22.7 Å². The number of carbonyl (C=O) groups is 4. The average Bonchev–Trinajstić information content (AvgIpc) is 3.79. The third kappa shape index (κ3) is 9.74. The Morgan fingerprint density at radius 3 is 1.31 bits per heavy atom. The number of hydrogen-bond acceptors (Lipinski definition) is 6. The van der Waals surface area contributed by atoms with Crippen molar-refractivity contribution in [2.24, 2.45) is 0 Å². The molecule has 2 atom stereocenters. The maximum Gasteiger partial charge on any atom is 0.416 e. The fraction of sp³-hybridized carbons (Fsp3) is 0.292. The molecule has 0 radical (unpaired) electrons. The van der Waals surface area contributed by atoms with Gasteiger partial charge in [-0.2, -0.15) is 36.9 Å². The topological polar surface area (TPSA) is 153 Å². The van der Waals surface area contributed by atoms with Crippen molar-refractivity contribution in [2.45, 2.75) is 37.3 Å². The Hall–Kier alpha value is -6.91. The van der Waals surface area contributed by atoms with Crippen molar-refractivity contribution in [1.29, 1.82) is 10.5 Å². The molecule has 68 heavy (non-hydrogen) atoms. The van der Waals surface area contributed by atoms with Gasteiger partial charge in [-0.3, -0.25) is 19.4 Å². The SMILES string of the molecule is C[N+](C)(CCCN1CC2=C(C1=O)[C@@H](c1ccc(C#N)cc1)NC(=O)N2c1cccc(C(F)(F)F)c1)CCCN1CC2=C(C1=O)[C@@H](c1ccc(C#N)cc1)NC(=O)N2c1cccc(C(F)(F)F)c1.I. The molecule has 0 bridgehead atoms. The van der Waals surface area contributed by atoms with Gasteiger partial charge >= 0.3 is 24.4 Å². The number of amides is 6. The Balaban J connectivity index is 0.00000684. The molecule has 4 aromatic carbocycles. The highest BCUT2D eigenvalue weighted by Crippen LogP contribution is 2.42. The third-order valence-corrected chi connectivity index (χ3v) is 12.4. The van der Waals surface area contributed by atoms with Gasteiger partial charge in [0.15, 0.2) is 0 Å². The highest BCUT2D eigenvalue weighted by Gasteiger charge is 2.47. The van der Waals surface area contributed by atoms with Gasteiger partial charge in [-0.25, -0.2) is 9.59 Å². The van der Waals surface area contributed by atoms with Crippen LogP contribution >= 0.6 is 24.0 Å². The van der Waals surface area contributed by atoms with Crippen LogP contribution in [0.1, 0.15) is 58.3 Å². The number of nitrogens with one attached hydrogen (secondary N) is 2. The van der Waals surface area contributed by atoms with Crippen molar-refractivity contribution < 1.29 is 50.0 Å². The maximum absolute atomic E-state index is 14.2. The molecule has 0 aliphatic carbocycles. The van der Waals surface area contributed by atoms with Crippen molar-refractivity contribution in [2.75, 3.05) is 63.2 Å². The monoisotopic (exact) mass is 1050 g/mol. The molecule has 4 aliphatic heterocycles. The highest BCUT2D eigenvalue weighted by atomic mass is 127. The Bertz CT molecular complexity index is 2630. The lowest BCUT2D eigenvalue weighted by molar-refractivity contribution is -0.890. The van der Waals surface area contributed by atoms with Gasteiger partial charge < -0.3 is 24.9 Å². The summed E-state index contributed by atoms with van der Waals surface area (Å²) in [7, 11) is 3.95. The lowest BCUT2D eigenvalue weighted by atomic mass is 9.94. The first-order valence-corrected chi connectivity index (χ1v) is 21.2. The summed E-state index contributed by atoms with van der Waals surface area (Å²) in [4.78, 5) is 61.2. The van der Waals surface area contributed by atoms with Gasteiger partial charge in [-0.15, -0.1) is 24.0 Å². The van der Waals surface area contributed by atoms with Gasteiger partial charge in [0.1, 0.15) is 0 Å². The molecule has 0 saturated carbocycles. The first-order valence-electron chi connectivity index (χ1n) is 21.2. The predicted octanol–water partition coefficient (Wildman–Crippen LogP) is 8.38. The van der Waals surface area contributed by atoms with E-state index in [9.17, 15) is 56.0 Å². The van der Waals surface area contributed by atoms with Crippen molar-refractivity contribution >= 4 is 59.2 Å². The fourth-order valence-electron chi connectivity index (χ4n) is 9.03. The molecule has 4 heterocycles. The van der Waals surface area contributed by atoms with E-state index in [0.29, 0.717) is 52.7 Å². The number of nitrogens with zero attached hydrogens (tertiary/aromatic N) is 7. The second-order valence-corrected chi connectivity index (χ2v) is 17.3. The van der Waals surface area contributed by atoms with Gasteiger partial charge in [0, 0.05) is 25.9 Å². The zero-order valence-electron chi connectivity index (χ0n) is 36.5. The smallest absolute Gasteiger partial charge is 0.333 e. The number of anilines is 2. The maximum atomic E-state index is 14.2. The van der Waals surface area contributed by atoms with E-state index in [1.54, 1.807) is 58.3 Å². The number of alkyl halides is 6. The zero-order chi connectivity index (χ0) is 48.0. The number of urea groups is 2. The Morgan fingerprint density at radius 1 is 0.603 bits per heavy atom. The summed E-state index contributed by atoms with van der Waals surface area (Å²) in [6, 6.07) is 22.0. The van der Waals surface area contributed by atoms with Crippen LogP contribution in [-0.2, 0) is 21.9 Å². The van der Waals surface area contributed by atoms with E-state index in [0.717, 1.165) is 34.1 Å². The minimum absolute atomic E-state index is 0. The molecule has 2 N–H and O–H groups in total. The van der Waals surface area contributed by atoms with E-state index in [1.165, 1.54) is 24.3 Å². The summed E-state index contributed by atoms with van der Waals surface area (Å²) in [6.45, 7) is 1.47. The van der Waals surface area contributed by atoms with Crippen LogP contribution < -0.4 is 20.4 Å². The molecule has 352 valence electrons. The molecule has 8 rings (SSSR count). The summed E-state index contributed by atoms with van der Waals surface area (Å²) in [5.74, 6) is -0.802. The van der Waals surface area contributed by atoms with Crippen LogP contribution in [0.2, 0.25) is 0 Å². The molecule has 0 saturated heterocycles. The number of carbonyl (C=O) groups excluding carboxylic acids is 4. The fourth-order valence-corrected chi connectivity index (χ4v) is 9.03. The molecule has 13 nitrogen and oxygen atoms in total. The van der Waals surface area contributed by atoms with Crippen LogP contribution in [0.4, 0.5) is 47.3 Å². The first-order chi connectivity index (χ1) is 31.8. The van der Waals surface area contributed by atoms with Crippen LogP contribution in [-0.4, -0.2) is 91.5 Å². The molecule has 0 spiro atoms. The van der Waals surface area contributed by atoms with Gasteiger partial charge in [-0.1, -0.05) is 36.4 Å². The van der Waals surface area contributed by atoms with Crippen molar-refractivity contribution in [3.63, 3.8) is 0 Å². The van der Waals surface area contributed by atoms with Crippen molar-refractivity contribution in [3.05, 3.63) is 153 Å². The van der Waals surface area contributed by atoms with Crippen LogP contribution in [0.5, 0.6) is 0 Å². The van der Waals surface area contributed by atoms with Gasteiger partial charge in [-0.05, 0) is 71.8 Å². The van der Waals surface area contributed by atoms with E-state index in [4.69, 9.17) is 0 Å². The molecule has 0 aromatic heterocycles. The minimum Gasteiger partial charge on any atom is -0.333 e. The number of halogens is 7. The zero-order valence-corrected chi connectivity index (χ0v) is 38.8. The van der Waals surface area contributed by atoms with Crippen molar-refractivity contribution in [1.82, 2.24) is 20.4 Å². The average molecular weight is 1050 g/mol. The first kappa shape index (κ1) is 49.0. The Morgan fingerprint density at radius 2 is 0.971 bits per heavy atom. The Kier molecular flexibility index (Phi) is 13.7. The number of benzene rings is 4. The summed E-state index contributed by atoms with van der Waals surface area (Å²) in [6.07, 6.45) is -8.40. The van der Waals surface area contributed by atoms with E-state index >= 15 is 0 Å². The van der Waals surface area contributed by atoms with E-state index in [2.05, 4.69) is 10.6 Å². The van der Waals surface area contributed by atoms with E-state index in [-0.39, 0.29) is 84.1 Å². The van der Waals surface area contributed by atoms with Crippen LogP contribution in [0.3, 0.4) is 0 Å². The second kappa shape index (κ2) is 19.0. The number of quaternary nitrogens is 1. The molecule has 4 aliphatic rings. The molecule has 4 aromatic rings. The number of nitriles is 2. The lowest BCUT2D eigenvalue weighted by Gasteiger charge is -2.34. The number of hydrogen-bond donors (Lipinski definition) is 2.